The van der Waals surface area contributed by atoms with Gasteiger partial charge in [0.05, 0.1) is 6.54 Å². The Morgan fingerprint density at radius 3 is 2.42 bits per heavy atom. The van der Waals surface area contributed by atoms with Gasteiger partial charge in [0.1, 0.15) is 5.60 Å². The fraction of sp³-hybridized carbons (Fsp3) is 0.882. The van der Waals surface area contributed by atoms with E-state index < -0.39 is 5.60 Å². The van der Waals surface area contributed by atoms with E-state index in [0.717, 1.165) is 6.54 Å². The van der Waals surface area contributed by atoms with Crippen LogP contribution in [0, 0.1) is 5.92 Å². The molecule has 138 valence electrons. The van der Waals surface area contributed by atoms with Crippen LogP contribution in [0.3, 0.4) is 0 Å². The molecule has 0 aliphatic carbocycles. The monoisotopic (exact) mass is 357 g/mol. The molecule has 0 radical (unpaired) electrons. The van der Waals surface area contributed by atoms with Crippen molar-refractivity contribution in [3.63, 3.8) is 0 Å². The zero-order valence-electron chi connectivity index (χ0n) is 15.2. The standard InChI is InChI=1S/C17H31N3O3S/c1-17(2,3)23-16(22)20-8-6-19(7-9-20)15(21)12-18-11-14-5-4-10-24-13-14/h14,18H,4-13H2,1-3H3. The number of thioether (sulfide) groups is 1. The van der Waals surface area contributed by atoms with Gasteiger partial charge in [0.25, 0.3) is 0 Å². The molecule has 7 heteroatoms. The van der Waals surface area contributed by atoms with Crippen molar-refractivity contribution >= 4 is 23.8 Å². The Balaban J connectivity index is 1.64. The number of carbonyl (C=O) groups is 2. The molecule has 2 heterocycles. The maximum atomic E-state index is 12.3. The second kappa shape index (κ2) is 8.94. The van der Waals surface area contributed by atoms with Crippen LogP contribution in [0.25, 0.3) is 0 Å². The molecule has 0 saturated carbocycles. The fourth-order valence-corrected chi connectivity index (χ4v) is 4.08. The Morgan fingerprint density at radius 2 is 1.83 bits per heavy atom. The van der Waals surface area contributed by atoms with Crippen molar-refractivity contribution in [2.75, 3.05) is 50.8 Å². The average Bonchev–Trinajstić information content (AvgIpc) is 2.54. The van der Waals surface area contributed by atoms with E-state index in [2.05, 4.69) is 5.32 Å². The number of carbonyl (C=O) groups excluding carboxylic acids is 2. The Labute approximate surface area is 149 Å². The normalized spacial score (nSPS) is 22.4. The summed E-state index contributed by atoms with van der Waals surface area (Å²) in [7, 11) is 0. The van der Waals surface area contributed by atoms with Crippen molar-refractivity contribution in [3.8, 4) is 0 Å². The highest BCUT2D eigenvalue weighted by atomic mass is 32.2. The minimum Gasteiger partial charge on any atom is -0.444 e. The number of hydrogen-bond acceptors (Lipinski definition) is 5. The van der Waals surface area contributed by atoms with Gasteiger partial charge in [-0.1, -0.05) is 0 Å². The molecule has 0 aromatic rings. The first-order chi connectivity index (χ1) is 11.3. The highest BCUT2D eigenvalue weighted by Gasteiger charge is 2.27. The molecule has 24 heavy (non-hydrogen) atoms. The van der Waals surface area contributed by atoms with E-state index in [1.165, 1.54) is 24.3 Å². The lowest BCUT2D eigenvalue weighted by molar-refractivity contribution is -0.132. The first-order valence-corrected chi connectivity index (χ1v) is 10.0. The van der Waals surface area contributed by atoms with Crippen molar-refractivity contribution < 1.29 is 14.3 Å². The van der Waals surface area contributed by atoms with Crippen molar-refractivity contribution in [1.29, 1.82) is 0 Å². The van der Waals surface area contributed by atoms with Gasteiger partial charge in [0, 0.05) is 26.2 Å². The molecule has 2 saturated heterocycles. The fourth-order valence-electron chi connectivity index (χ4n) is 2.93. The summed E-state index contributed by atoms with van der Waals surface area (Å²) in [6.07, 6.45) is 2.27. The van der Waals surface area contributed by atoms with Gasteiger partial charge in [-0.05, 0) is 57.6 Å². The van der Waals surface area contributed by atoms with Crippen LogP contribution in [0.5, 0.6) is 0 Å². The van der Waals surface area contributed by atoms with E-state index in [1.54, 1.807) is 4.90 Å². The summed E-state index contributed by atoms with van der Waals surface area (Å²) in [5.74, 6) is 3.30. The van der Waals surface area contributed by atoms with E-state index in [0.29, 0.717) is 38.6 Å². The van der Waals surface area contributed by atoms with E-state index in [4.69, 9.17) is 4.74 Å². The Bertz CT molecular complexity index is 425. The summed E-state index contributed by atoms with van der Waals surface area (Å²) in [5, 5.41) is 3.31. The third kappa shape index (κ3) is 6.51. The van der Waals surface area contributed by atoms with Crippen LogP contribution in [0.1, 0.15) is 33.6 Å². The van der Waals surface area contributed by atoms with Crippen LogP contribution >= 0.6 is 11.8 Å². The number of hydrogen-bond donors (Lipinski definition) is 1. The highest BCUT2D eigenvalue weighted by molar-refractivity contribution is 7.99. The molecule has 0 aromatic heterocycles. The van der Waals surface area contributed by atoms with Gasteiger partial charge in [-0.25, -0.2) is 4.79 Å². The summed E-state index contributed by atoms with van der Waals surface area (Å²) in [4.78, 5) is 27.8. The van der Waals surface area contributed by atoms with Gasteiger partial charge < -0.3 is 19.9 Å². The van der Waals surface area contributed by atoms with Crippen LogP contribution in [-0.2, 0) is 9.53 Å². The molecule has 2 fully saturated rings. The van der Waals surface area contributed by atoms with Crippen LogP contribution in [0.2, 0.25) is 0 Å². The number of amides is 2. The van der Waals surface area contributed by atoms with E-state index in [1.807, 2.05) is 37.4 Å². The van der Waals surface area contributed by atoms with Crippen LogP contribution in [-0.4, -0.2) is 78.2 Å². The van der Waals surface area contributed by atoms with Gasteiger partial charge in [-0.15, -0.1) is 0 Å². The first kappa shape index (κ1) is 19.4. The molecule has 6 nitrogen and oxygen atoms in total. The summed E-state index contributed by atoms with van der Waals surface area (Å²) >= 11 is 2.01. The van der Waals surface area contributed by atoms with E-state index in [9.17, 15) is 9.59 Å². The van der Waals surface area contributed by atoms with E-state index in [-0.39, 0.29) is 12.0 Å². The average molecular weight is 358 g/mol. The maximum Gasteiger partial charge on any atom is 0.410 e. The summed E-state index contributed by atoms with van der Waals surface area (Å²) in [6.45, 7) is 9.16. The SMILES string of the molecule is CC(C)(C)OC(=O)N1CCN(C(=O)CNCC2CCCSC2)CC1. The first-order valence-electron chi connectivity index (χ1n) is 8.89. The van der Waals surface area contributed by atoms with Crippen LogP contribution < -0.4 is 5.32 Å². The van der Waals surface area contributed by atoms with Crippen LogP contribution in [0.4, 0.5) is 4.79 Å². The molecule has 0 spiro atoms. The smallest absolute Gasteiger partial charge is 0.410 e. The summed E-state index contributed by atoms with van der Waals surface area (Å²) in [6, 6.07) is 0. The summed E-state index contributed by atoms with van der Waals surface area (Å²) in [5.41, 5.74) is -0.481. The minimum absolute atomic E-state index is 0.127. The quantitative estimate of drug-likeness (QED) is 0.831. The highest BCUT2D eigenvalue weighted by Crippen LogP contribution is 2.21. The molecular weight excluding hydrogens is 326 g/mol. The molecule has 0 aromatic carbocycles. The molecule has 2 aliphatic rings. The van der Waals surface area contributed by atoms with Crippen molar-refractivity contribution in [2.24, 2.45) is 5.92 Å². The van der Waals surface area contributed by atoms with Gasteiger partial charge >= 0.3 is 6.09 Å². The molecular formula is C17H31N3O3S. The second-order valence-corrected chi connectivity index (χ2v) is 8.71. The lowest BCUT2D eigenvalue weighted by Gasteiger charge is -2.35. The third-order valence-corrected chi connectivity index (χ3v) is 5.53. The van der Waals surface area contributed by atoms with Gasteiger partial charge in [-0.2, -0.15) is 11.8 Å². The zero-order valence-corrected chi connectivity index (χ0v) is 16.0. The Kier molecular flexibility index (Phi) is 7.22. The van der Waals surface area contributed by atoms with Gasteiger partial charge in [0.15, 0.2) is 0 Å². The van der Waals surface area contributed by atoms with Gasteiger partial charge in [-0.3, -0.25) is 4.79 Å². The minimum atomic E-state index is -0.481. The number of rotatable bonds is 4. The van der Waals surface area contributed by atoms with Crippen molar-refractivity contribution in [3.05, 3.63) is 0 Å². The molecule has 2 aliphatic heterocycles. The Hall–Kier alpha value is -0.950. The Morgan fingerprint density at radius 1 is 1.17 bits per heavy atom. The van der Waals surface area contributed by atoms with Gasteiger partial charge in [0.2, 0.25) is 5.91 Å². The van der Waals surface area contributed by atoms with Crippen molar-refractivity contribution in [2.45, 2.75) is 39.2 Å². The number of ether oxygens (including phenoxy) is 1. The lowest BCUT2D eigenvalue weighted by Crippen LogP contribution is -2.53. The second-order valence-electron chi connectivity index (χ2n) is 7.56. The van der Waals surface area contributed by atoms with E-state index >= 15 is 0 Å². The topological polar surface area (TPSA) is 61.9 Å². The third-order valence-electron chi connectivity index (χ3n) is 4.25. The zero-order chi connectivity index (χ0) is 17.6. The maximum absolute atomic E-state index is 12.3. The molecule has 2 rings (SSSR count). The predicted octanol–water partition coefficient (Wildman–Crippen LogP) is 1.80. The molecule has 2 amide bonds. The lowest BCUT2D eigenvalue weighted by atomic mass is 10.1. The molecule has 1 atom stereocenters. The van der Waals surface area contributed by atoms with Crippen molar-refractivity contribution in [1.82, 2.24) is 15.1 Å². The largest absolute Gasteiger partial charge is 0.444 e. The molecule has 1 unspecified atom stereocenters. The van der Waals surface area contributed by atoms with Crippen LogP contribution in [0.15, 0.2) is 0 Å². The predicted molar refractivity (Wildman–Crippen MR) is 97.3 cm³/mol. The molecule has 0 bridgehead atoms. The number of nitrogens with zero attached hydrogens (tertiary/aromatic N) is 2. The summed E-state index contributed by atoms with van der Waals surface area (Å²) < 4.78 is 5.37. The number of piperazine rings is 1. The molecule has 1 N–H and O–H groups in total. The number of nitrogens with one attached hydrogen (secondary N) is 1.